The van der Waals surface area contributed by atoms with Gasteiger partial charge in [-0.25, -0.2) is 0 Å². The molecular formula is C17H16ClN5OS. The quantitative estimate of drug-likeness (QED) is 0.691. The normalized spacial score (nSPS) is 10.7. The molecule has 0 saturated heterocycles. The molecule has 0 fully saturated rings. The summed E-state index contributed by atoms with van der Waals surface area (Å²) in [5.41, 5.74) is 3.63. The number of hydrogen-bond acceptors (Lipinski definition) is 5. The van der Waals surface area contributed by atoms with Gasteiger partial charge in [-0.3, -0.25) is 4.79 Å². The fourth-order valence-corrected chi connectivity index (χ4v) is 3.13. The van der Waals surface area contributed by atoms with Crippen molar-refractivity contribution in [2.24, 2.45) is 0 Å². The second kappa shape index (κ2) is 7.67. The summed E-state index contributed by atoms with van der Waals surface area (Å²) >= 11 is 7.39. The first-order valence-electron chi connectivity index (χ1n) is 7.57. The van der Waals surface area contributed by atoms with Crippen LogP contribution in [0.15, 0.2) is 47.6 Å². The van der Waals surface area contributed by atoms with Gasteiger partial charge >= 0.3 is 0 Å². The van der Waals surface area contributed by atoms with Gasteiger partial charge in [-0.2, -0.15) is 4.68 Å². The lowest BCUT2D eigenvalue weighted by Gasteiger charge is -2.08. The van der Waals surface area contributed by atoms with Gasteiger partial charge in [0, 0.05) is 0 Å². The Morgan fingerprint density at radius 3 is 2.60 bits per heavy atom. The number of aromatic nitrogens is 4. The number of thioether (sulfide) groups is 1. The maximum Gasteiger partial charge on any atom is 0.234 e. The van der Waals surface area contributed by atoms with Crippen LogP contribution in [0, 0.1) is 13.8 Å². The SMILES string of the molecule is Cc1ccc(-n2nnnc2SCC(=O)Nc2ccc(C)cc2Cl)cc1. The summed E-state index contributed by atoms with van der Waals surface area (Å²) in [4.78, 5) is 12.2. The van der Waals surface area contributed by atoms with Crippen molar-refractivity contribution in [3.63, 3.8) is 0 Å². The Balaban J connectivity index is 1.65. The van der Waals surface area contributed by atoms with Crippen LogP contribution >= 0.6 is 23.4 Å². The molecule has 0 bridgehead atoms. The van der Waals surface area contributed by atoms with Crippen molar-refractivity contribution < 1.29 is 4.79 Å². The van der Waals surface area contributed by atoms with E-state index >= 15 is 0 Å². The number of nitrogens with zero attached hydrogens (tertiary/aromatic N) is 4. The zero-order valence-electron chi connectivity index (χ0n) is 13.7. The van der Waals surface area contributed by atoms with Crippen molar-refractivity contribution in [1.29, 1.82) is 0 Å². The Hall–Kier alpha value is -2.38. The van der Waals surface area contributed by atoms with E-state index < -0.39 is 0 Å². The van der Waals surface area contributed by atoms with Crippen molar-refractivity contribution in [1.82, 2.24) is 20.2 Å². The zero-order chi connectivity index (χ0) is 17.8. The Bertz CT molecular complexity index is 894. The molecule has 0 saturated carbocycles. The number of anilines is 1. The van der Waals surface area contributed by atoms with Gasteiger partial charge in [0.2, 0.25) is 11.1 Å². The predicted molar refractivity (Wildman–Crippen MR) is 99.4 cm³/mol. The molecule has 128 valence electrons. The van der Waals surface area contributed by atoms with Crippen molar-refractivity contribution in [2.45, 2.75) is 19.0 Å². The molecule has 6 nitrogen and oxygen atoms in total. The number of nitrogens with one attached hydrogen (secondary N) is 1. The molecule has 0 unspecified atom stereocenters. The minimum absolute atomic E-state index is 0.172. The van der Waals surface area contributed by atoms with Crippen LogP contribution in [0.1, 0.15) is 11.1 Å². The molecule has 0 radical (unpaired) electrons. The number of halogens is 1. The summed E-state index contributed by atoms with van der Waals surface area (Å²) in [7, 11) is 0. The summed E-state index contributed by atoms with van der Waals surface area (Å²) < 4.78 is 1.61. The number of rotatable bonds is 5. The van der Waals surface area contributed by atoms with Gasteiger partial charge in [0.05, 0.1) is 22.2 Å². The minimum atomic E-state index is -0.172. The average molecular weight is 374 g/mol. The summed E-state index contributed by atoms with van der Waals surface area (Å²) in [6.07, 6.45) is 0. The highest BCUT2D eigenvalue weighted by Crippen LogP contribution is 2.24. The monoisotopic (exact) mass is 373 g/mol. The predicted octanol–water partition coefficient (Wildman–Crippen LogP) is 3.66. The van der Waals surface area contributed by atoms with E-state index in [1.807, 2.05) is 50.2 Å². The maximum absolute atomic E-state index is 12.2. The number of hydrogen-bond donors (Lipinski definition) is 1. The molecule has 0 aliphatic carbocycles. The molecule has 0 spiro atoms. The molecule has 1 aromatic heterocycles. The largest absolute Gasteiger partial charge is 0.324 e. The minimum Gasteiger partial charge on any atom is -0.324 e. The Morgan fingerprint density at radius 1 is 1.16 bits per heavy atom. The fraction of sp³-hybridized carbons (Fsp3) is 0.176. The molecule has 0 atom stereocenters. The Labute approximate surface area is 154 Å². The van der Waals surface area contributed by atoms with Crippen LogP contribution in [0.4, 0.5) is 5.69 Å². The summed E-state index contributed by atoms with van der Waals surface area (Å²) in [5, 5.41) is 15.5. The van der Waals surface area contributed by atoms with E-state index in [9.17, 15) is 4.79 Å². The summed E-state index contributed by atoms with van der Waals surface area (Å²) in [5.74, 6) is 0.00500. The third-order valence-corrected chi connectivity index (χ3v) is 4.68. The van der Waals surface area contributed by atoms with Gasteiger partial charge in [0.25, 0.3) is 0 Å². The van der Waals surface area contributed by atoms with Crippen LogP contribution in [-0.2, 0) is 4.79 Å². The molecule has 0 aliphatic heterocycles. The van der Waals surface area contributed by atoms with Gasteiger partial charge in [-0.1, -0.05) is 47.1 Å². The summed E-state index contributed by atoms with van der Waals surface area (Å²) in [6, 6.07) is 13.3. The van der Waals surface area contributed by atoms with Crippen molar-refractivity contribution in [3.05, 3.63) is 58.6 Å². The zero-order valence-corrected chi connectivity index (χ0v) is 15.3. The van der Waals surface area contributed by atoms with Gasteiger partial charge in [0.15, 0.2) is 0 Å². The standard InChI is InChI=1S/C17H16ClN5OS/c1-11-3-6-13(7-4-11)23-17(20-21-22-23)25-10-16(24)19-15-8-5-12(2)9-14(15)18/h3-9H,10H2,1-2H3,(H,19,24). The van der Waals surface area contributed by atoms with E-state index in [0.29, 0.717) is 15.9 Å². The van der Waals surface area contributed by atoms with E-state index in [1.54, 1.807) is 10.7 Å². The van der Waals surface area contributed by atoms with E-state index in [2.05, 4.69) is 20.8 Å². The molecule has 3 aromatic rings. The number of benzene rings is 2. The highest BCUT2D eigenvalue weighted by molar-refractivity contribution is 7.99. The molecule has 0 aliphatic rings. The first kappa shape index (κ1) is 17.4. The van der Waals surface area contributed by atoms with Gasteiger partial charge < -0.3 is 5.32 Å². The summed E-state index contributed by atoms with van der Waals surface area (Å²) in [6.45, 7) is 3.96. The third kappa shape index (κ3) is 4.37. The van der Waals surface area contributed by atoms with Crippen LogP contribution in [0.25, 0.3) is 5.69 Å². The lowest BCUT2D eigenvalue weighted by atomic mass is 10.2. The van der Waals surface area contributed by atoms with Crippen molar-refractivity contribution in [3.8, 4) is 5.69 Å². The molecule has 1 heterocycles. The number of amides is 1. The number of aryl methyl sites for hydroxylation is 2. The van der Waals surface area contributed by atoms with Crippen LogP contribution in [0.2, 0.25) is 5.02 Å². The van der Waals surface area contributed by atoms with Gasteiger partial charge in [-0.15, -0.1) is 5.10 Å². The van der Waals surface area contributed by atoms with E-state index in [1.165, 1.54) is 11.8 Å². The first-order valence-corrected chi connectivity index (χ1v) is 8.93. The molecular weight excluding hydrogens is 358 g/mol. The fourth-order valence-electron chi connectivity index (χ4n) is 2.15. The maximum atomic E-state index is 12.2. The van der Waals surface area contributed by atoms with Crippen molar-refractivity contribution >= 4 is 35.0 Å². The van der Waals surface area contributed by atoms with Crippen LogP contribution < -0.4 is 5.32 Å². The van der Waals surface area contributed by atoms with Crippen LogP contribution in [0.5, 0.6) is 0 Å². The molecule has 25 heavy (non-hydrogen) atoms. The second-order valence-electron chi connectivity index (χ2n) is 5.53. The van der Waals surface area contributed by atoms with E-state index in [4.69, 9.17) is 11.6 Å². The number of carbonyl (C=O) groups excluding carboxylic acids is 1. The molecule has 1 amide bonds. The average Bonchev–Trinajstić information content (AvgIpc) is 3.05. The first-order chi connectivity index (χ1) is 12.0. The van der Waals surface area contributed by atoms with Crippen LogP contribution in [-0.4, -0.2) is 31.9 Å². The van der Waals surface area contributed by atoms with Crippen LogP contribution in [0.3, 0.4) is 0 Å². The highest BCUT2D eigenvalue weighted by atomic mass is 35.5. The lowest BCUT2D eigenvalue weighted by Crippen LogP contribution is -2.15. The smallest absolute Gasteiger partial charge is 0.234 e. The van der Waals surface area contributed by atoms with Crippen molar-refractivity contribution in [2.75, 3.05) is 11.1 Å². The Morgan fingerprint density at radius 2 is 1.88 bits per heavy atom. The lowest BCUT2D eigenvalue weighted by molar-refractivity contribution is -0.113. The highest BCUT2D eigenvalue weighted by Gasteiger charge is 2.12. The Kier molecular flexibility index (Phi) is 5.35. The molecule has 8 heteroatoms. The van der Waals surface area contributed by atoms with Gasteiger partial charge in [-0.05, 0) is 54.1 Å². The molecule has 1 N–H and O–H groups in total. The number of carbonyl (C=O) groups is 1. The van der Waals surface area contributed by atoms with E-state index in [-0.39, 0.29) is 11.7 Å². The third-order valence-electron chi connectivity index (χ3n) is 3.45. The molecule has 2 aromatic carbocycles. The van der Waals surface area contributed by atoms with E-state index in [0.717, 1.165) is 16.8 Å². The number of tetrazole rings is 1. The topological polar surface area (TPSA) is 72.7 Å². The van der Waals surface area contributed by atoms with Gasteiger partial charge in [0.1, 0.15) is 0 Å². The molecule has 3 rings (SSSR count). The second-order valence-corrected chi connectivity index (χ2v) is 6.88.